The average Bonchev–Trinajstić information content (AvgIpc) is 3.77. The predicted molar refractivity (Wildman–Crippen MR) is 154 cm³/mol. The molecule has 0 aliphatic carbocycles. The Labute approximate surface area is 236 Å². The van der Waals surface area contributed by atoms with E-state index in [0.717, 1.165) is 45.7 Å². The number of ether oxygens (including phenoxy) is 1. The van der Waals surface area contributed by atoms with Gasteiger partial charge >= 0.3 is 0 Å². The summed E-state index contributed by atoms with van der Waals surface area (Å²) in [6.07, 6.45) is 9.09. The number of nitrogens with one attached hydrogen (secondary N) is 2. The number of hydrogen-bond acceptors (Lipinski definition) is 6. The first-order valence-corrected chi connectivity index (χ1v) is 13.7. The Kier molecular flexibility index (Phi) is 6.03. The highest BCUT2D eigenvalue weighted by molar-refractivity contribution is 6.01. The van der Waals surface area contributed by atoms with E-state index >= 15 is 0 Å². The first-order chi connectivity index (χ1) is 20.0. The molecule has 1 spiro atoms. The molecule has 2 saturated heterocycles. The minimum Gasteiger partial charge on any atom is -0.496 e. The van der Waals surface area contributed by atoms with E-state index in [0.29, 0.717) is 43.8 Å². The standard InChI is InChI=1S/C31H29N7O3/c1-41-27-17-23(3-4-24(27)22-18-33-34-19-22)38-15-10-31(30(38)40)8-13-37(14-9-31)29(39)21-2-5-25-26(16-21)36-28(35-25)20-6-11-32-12-7-20/h2-7,11-12,16-19H,8-10,13-15H2,1H3,(H,33,34)(H,35,36). The quantitative estimate of drug-likeness (QED) is 0.330. The molecule has 2 N–H and O–H groups in total. The molecule has 2 aliphatic rings. The number of likely N-dealkylation sites (tertiary alicyclic amines) is 1. The maximum absolute atomic E-state index is 13.8. The van der Waals surface area contributed by atoms with Crippen molar-refractivity contribution >= 4 is 28.5 Å². The van der Waals surface area contributed by atoms with Gasteiger partial charge in [0.05, 0.1) is 29.8 Å². The molecule has 0 unspecified atom stereocenters. The highest BCUT2D eigenvalue weighted by Crippen LogP contribution is 2.44. The monoisotopic (exact) mass is 547 g/mol. The molecular formula is C31H29N7O3. The van der Waals surface area contributed by atoms with Crippen LogP contribution in [0.5, 0.6) is 5.75 Å². The number of fused-ring (bicyclic) bond motifs is 1. The van der Waals surface area contributed by atoms with Crippen molar-refractivity contribution in [1.29, 1.82) is 0 Å². The number of hydrogen-bond donors (Lipinski definition) is 2. The second-order valence-electron chi connectivity index (χ2n) is 10.7. The third-order valence-electron chi connectivity index (χ3n) is 8.51. The zero-order chi connectivity index (χ0) is 28.0. The highest BCUT2D eigenvalue weighted by atomic mass is 16.5. The van der Waals surface area contributed by atoms with Gasteiger partial charge in [0, 0.05) is 72.2 Å². The van der Waals surface area contributed by atoms with E-state index < -0.39 is 5.41 Å². The average molecular weight is 548 g/mol. The van der Waals surface area contributed by atoms with Crippen molar-refractivity contribution in [2.75, 3.05) is 31.6 Å². The molecule has 3 aromatic heterocycles. The number of carbonyl (C=O) groups excluding carboxylic acids is 2. The Morgan fingerprint density at radius 1 is 0.976 bits per heavy atom. The molecule has 0 atom stereocenters. The van der Waals surface area contributed by atoms with Crippen molar-refractivity contribution in [3.05, 3.63) is 78.9 Å². The van der Waals surface area contributed by atoms with E-state index in [1.807, 2.05) is 64.5 Å². The van der Waals surface area contributed by atoms with Gasteiger partial charge in [0.2, 0.25) is 5.91 Å². The Bertz CT molecular complexity index is 1740. The van der Waals surface area contributed by atoms with Crippen LogP contribution < -0.4 is 9.64 Å². The number of amides is 2. The third kappa shape index (κ3) is 4.32. The Morgan fingerprint density at radius 2 is 1.78 bits per heavy atom. The van der Waals surface area contributed by atoms with Crippen LogP contribution in [0.3, 0.4) is 0 Å². The van der Waals surface area contributed by atoms with Crippen molar-refractivity contribution in [3.8, 4) is 28.3 Å². The number of aromatic nitrogens is 5. The van der Waals surface area contributed by atoms with Crippen molar-refractivity contribution in [1.82, 2.24) is 30.0 Å². The maximum atomic E-state index is 13.8. The molecule has 5 heterocycles. The summed E-state index contributed by atoms with van der Waals surface area (Å²) in [5.74, 6) is 1.54. The summed E-state index contributed by atoms with van der Waals surface area (Å²) in [6, 6.07) is 15.2. The number of rotatable bonds is 5. The number of nitrogens with zero attached hydrogens (tertiary/aromatic N) is 5. The van der Waals surface area contributed by atoms with Crippen molar-refractivity contribution in [2.24, 2.45) is 5.41 Å². The van der Waals surface area contributed by atoms with E-state index in [9.17, 15) is 9.59 Å². The number of H-pyrrole nitrogens is 2. The summed E-state index contributed by atoms with van der Waals surface area (Å²) in [5, 5.41) is 6.85. The third-order valence-corrected chi connectivity index (χ3v) is 8.51. The van der Waals surface area contributed by atoms with Crippen LogP contribution in [0.4, 0.5) is 5.69 Å². The molecule has 2 fully saturated rings. The minimum atomic E-state index is -0.444. The van der Waals surface area contributed by atoms with E-state index in [1.54, 1.807) is 25.7 Å². The van der Waals surface area contributed by atoms with Gasteiger partial charge in [-0.3, -0.25) is 19.7 Å². The molecule has 2 aromatic carbocycles. The molecular weight excluding hydrogens is 518 g/mol. The molecule has 206 valence electrons. The van der Waals surface area contributed by atoms with Gasteiger partial charge < -0.3 is 19.5 Å². The summed E-state index contributed by atoms with van der Waals surface area (Å²) < 4.78 is 5.64. The molecule has 5 aromatic rings. The lowest BCUT2D eigenvalue weighted by molar-refractivity contribution is -0.127. The fraction of sp³-hybridized carbons (Fsp3) is 0.258. The van der Waals surface area contributed by atoms with Gasteiger partial charge in [0.15, 0.2) is 0 Å². The molecule has 0 radical (unpaired) electrons. The Balaban J connectivity index is 1.05. The highest BCUT2D eigenvalue weighted by Gasteiger charge is 2.49. The number of benzene rings is 2. The number of imidazole rings is 1. The number of anilines is 1. The number of methoxy groups -OCH3 is 1. The normalized spacial score (nSPS) is 16.6. The molecule has 10 nitrogen and oxygen atoms in total. The van der Waals surface area contributed by atoms with Gasteiger partial charge in [-0.2, -0.15) is 5.10 Å². The second kappa shape index (κ2) is 9.88. The molecule has 2 aliphatic heterocycles. The van der Waals surface area contributed by atoms with E-state index in [1.165, 1.54) is 0 Å². The number of carbonyl (C=O) groups is 2. The van der Waals surface area contributed by atoms with E-state index in [-0.39, 0.29) is 11.8 Å². The van der Waals surface area contributed by atoms with Gasteiger partial charge in [-0.1, -0.05) is 0 Å². The largest absolute Gasteiger partial charge is 0.496 e. The van der Waals surface area contributed by atoms with Crippen LogP contribution in [-0.4, -0.2) is 68.6 Å². The van der Waals surface area contributed by atoms with Crippen LogP contribution in [0.1, 0.15) is 29.6 Å². The maximum Gasteiger partial charge on any atom is 0.253 e. The predicted octanol–water partition coefficient (Wildman–Crippen LogP) is 4.68. The molecule has 0 saturated carbocycles. The lowest BCUT2D eigenvalue weighted by atomic mass is 9.77. The summed E-state index contributed by atoms with van der Waals surface area (Å²) in [5.41, 5.74) is 5.39. The smallest absolute Gasteiger partial charge is 0.253 e. The summed E-state index contributed by atoms with van der Waals surface area (Å²) >= 11 is 0. The van der Waals surface area contributed by atoms with E-state index in [2.05, 4.69) is 25.1 Å². The van der Waals surface area contributed by atoms with Crippen molar-refractivity contribution in [3.63, 3.8) is 0 Å². The first kappa shape index (κ1) is 25.0. The topological polar surface area (TPSA) is 120 Å². The summed E-state index contributed by atoms with van der Waals surface area (Å²) in [7, 11) is 1.63. The summed E-state index contributed by atoms with van der Waals surface area (Å²) in [4.78, 5) is 43.0. The van der Waals surface area contributed by atoms with Crippen LogP contribution in [0.15, 0.2) is 73.3 Å². The zero-order valence-corrected chi connectivity index (χ0v) is 22.6. The van der Waals surface area contributed by atoms with Crippen molar-refractivity contribution in [2.45, 2.75) is 19.3 Å². The van der Waals surface area contributed by atoms with Crippen molar-refractivity contribution < 1.29 is 14.3 Å². The minimum absolute atomic E-state index is 0.0244. The van der Waals surface area contributed by atoms with E-state index in [4.69, 9.17) is 4.74 Å². The molecule has 2 amide bonds. The first-order valence-electron chi connectivity index (χ1n) is 13.7. The molecule has 7 rings (SSSR count). The second-order valence-corrected chi connectivity index (χ2v) is 10.7. The van der Waals surface area contributed by atoms with Gasteiger partial charge in [-0.25, -0.2) is 4.98 Å². The fourth-order valence-corrected chi connectivity index (χ4v) is 6.12. The Hall–Kier alpha value is -4.99. The molecule has 0 bridgehead atoms. The van der Waals surface area contributed by atoms with Crippen LogP contribution >= 0.6 is 0 Å². The van der Waals surface area contributed by atoms with Crippen LogP contribution in [-0.2, 0) is 4.79 Å². The SMILES string of the molecule is COc1cc(N2CCC3(CCN(C(=O)c4ccc5nc(-c6ccncc6)[nH]c5c4)CC3)C2=O)ccc1-c1cn[nH]c1. The zero-order valence-electron chi connectivity index (χ0n) is 22.6. The summed E-state index contributed by atoms with van der Waals surface area (Å²) in [6.45, 7) is 1.74. The van der Waals surface area contributed by atoms with Gasteiger partial charge in [-0.05, 0) is 61.7 Å². The fourth-order valence-electron chi connectivity index (χ4n) is 6.12. The number of piperidine rings is 1. The van der Waals surface area contributed by atoms with Gasteiger partial charge in [-0.15, -0.1) is 0 Å². The molecule has 10 heteroatoms. The van der Waals surface area contributed by atoms with Gasteiger partial charge in [0.1, 0.15) is 11.6 Å². The van der Waals surface area contributed by atoms with Crippen LogP contribution in [0.25, 0.3) is 33.5 Å². The van der Waals surface area contributed by atoms with Crippen LogP contribution in [0, 0.1) is 5.41 Å². The Morgan fingerprint density at radius 3 is 2.54 bits per heavy atom. The van der Waals surface area contributed by atoms with Gasteiger partial charge in [0.25, 0.3) is 5.91 Å². The molecule has 41 heavy (non-hydrogen) atoms. The number of pyridine rings is 1. The number of aromatic amines is 2. The van der Waals surface area contributed by atoms with Crippen LogP contribution in [0.2, 0.25) is 0 Å². The lowest BCUT2D eigenvalue weighted by Crippen LogP contribution is -2.46. The lowest BCUT2D eigenvalue weighted by Gasteiger charge is -2.38.